The van der Waals surface area contributed by atoms with Crippen molar-refractivity contribution in [2.24, 2.45) is 11.8 Å². The molecule has 2 nitrogen and oxygen atoms in total. The maximum absolute atomic E-state index is 10.3. The zero-order valence-electron chi connectivity index (χ0n) is 8.89. The van der Waals surface area contributed by atoms with Crippen molar-refractivity contribution in [3.8, 4) is 0 Å². The van der Waals surface area contributed by atoms with Gasteiger partial charge >= 0.3 is 0 Å². The van der Waals surface area contributed by atoms with Gasteiger partial charge in [0.15, 0.2) is 0 Å². The van der Waals surface area contributed by atoms with Crippen LogP contribution in [0.5, 0.6) is 0 Å². The Bertz CT molecular complexity index is 375. The van der Waals surface area contributed by atoms with Crippen LogP contribution in [0.15, 0.2) is 24.3 Å². The Labute approximate surface area is 89.9 Å². The van der Waals surface area contributed by atoms with E-state index in [1.807, 2.05) is 18.2 Å². The Morgan fingerprint density at radius 3 is 3.00 bits per heavy atom. The molecule has 1 heterocycles. The minimum Gasteiger partial charge on any atom is -0.388 e. The number of ether oxygens (including phenoxy) is 1. The first-order valence-electron chi connectivity index (χ1n) is 5.65. The van der Waals surface area contributed by atoms with Gasteiger partial charge in [0.05, 0.1) is 18.8 Å². The summed E-state index contributed by atoms with van der Waals surface area (Å²) in [6.07, 6.45) is 0.915. The molecule has 1 unspecified atom stereocenters. The maximum atomic E-state index is 10.3. The van der Waals surface area contributed by atoms with E-state index in [0.29, 0.717) is 11.8 Å². The number of aliphatic hydroxyl groups excluding tert-OH is 1. The van der Waals surface area contributed by atoms with Crippen molar-refractivity contribution in [3.05, 3.63) is 35.4 Å². The largest absolute Gasteiger partial charge is 0.388 e. The molecule has 4 atom stereocenters. The molecule has 80 valence electrons. The van der Waals surface area contributed by atoms with Crippen molar-refractivity contribution in [1.82, 2.24) is 0 Å². The van der Waals surface area contributed by atoms with Crippen LogP contribution in [0.4, 0.5) is 0 Å². The van der Waals surface area contributed by atoms with Crippen LogP contribution in [0.1, 0.15) is 24.2 Å². The van der Waals surface area contributed by atoms with Crippen LogP contribution in [-0.2, 0) is 11.2 Å². The van der Waals surface area contributed by atoms with Gasteiger partial charge in [-0.15, -0.1) is 0 Å². The maximum Gasteiger partial charge on any atom is 0.0849 e. The number of hydrogen-bond acceptors (Lipinski definition) is 2. The molecule has 3 rings (SSSR count). The highest BCUT2D eigenvalue weighted by atomic mass is 16.5. The normalized spacial score (nSPS) is 38.5. The van der Waals surface area contributed by atoms with E-state index < -0.39 is 0 Å². The lowest BCUT2D eigenvalue weighted by atomic mass is 9.73. The summed E-state index contributed by atoms with van der Waals surface area (Å²) < 4.78 is 5.64. The van der Waals surface area contributed by atoms with E-state index in [1.54, 1.807) is 0 Å². The second kappa shape index (κ2) is 3.32. The molecule has 1 aliphatic carbocycles. The van der Waals surface area contributed by atoms with Crippen molar-refractivity contribution < 1.29 is 9.84 Å². The van der Waals surface area contributed by atoms with Crippen LogP contribution >= 0.6 is 0 Å². The Morgan fingerprint density at radius 2 is 2.13 bits per heavy atom. The van der Waals surface area contributed by atoms with Gasteiger partial charge in [0.1, 0.15) is 0 Å². The molecule has 1 saturated heterocycles. The fourth-order valence-corrected chi connectivity index (χ4v) is 3.09. The molecule has 0 radical (unpaired) electrons. The van der Waals surface area contributed by atoms with E-state index in [9.17, 15) is 5.11 Å². The standard InChI is InChI=1S/C13H16O2/c1-8-12-10(7-15-8)6-9-4-2-3-5-11(9)13(12)14/h2-5,8,10,12-14H,6-7H2,1H3/t8-,10+,12-,13?/m0/s1. The van der Waals surface area contributed by atoms with Crippen LogP contribution in [0, 0.1) is 11.8 Å². The third kappa shape index (κ3) is 1.32. The van der Waals surface area contributed by atoms with Crippen LogP contribution in [-0.4, -0.2) is 17.8 Å². The molecule has 1 aromatic rings. The quantitative estimate of drug-likeness (QED) is 0.699. The highest BCUT2D eigenvalue weighted by Gasteiger charge is 2.43. The zero-order valence-corrected chi connectivity index (χ0v) is 8.89. The van der Waals surface area contributed by atoms with Gasteiger partial charge in [0, 0.05) is 5.92 Å². The van der Waals surface area contributed by atoms with Crippen LogP contribution in [0.2, 0.25) is 0 Å². The van der Waals surface area contributed by atoms with Gasteiger partial charge in [-0.3, -0.25) is 0 Å². The van der Waals surface area contributed by atoms with E-state index in [0.717, 1.165) is 18.6 Å². The van der Waals surface area contributed by atoms with Gasteiger partial charge in [-0.05, 0) is 30.4 Å². The van der Waals surface area contributed by atoms with Gasteiger partial charge in [-0.2, -0.15) is 0 Å². The highest BCUT2D eigenvalue weighted by molar-refractivity contribution is 5.33. The molecular formula is C13H16O2. The molecule has 0 saturated carbocycles. The number of rotatable bonds is 0. The molecule has 1 fully saturated rings. The molecule has 0 aromatic heterocycles. The summed E-state index contributed by atoms with van der Waals surface area (Å²) in [4.78, 5) is 0. The predicted octanol–water partition coefficient (Wildman–Crippen LogP) is 1.93. The van der Waals surface area contributed by atoms with Crippen molar-refractivity contribution >= 4 is 0 Å². The Balaban J connectivity index is 2.03. The lowest BCUT2D eigenvalue weighted by molar-refractivity contribution is 0.0336. The molecule has 0 amide bonds. The molecule has 1 N–H and O–H groups in total. The van der Waals surface area contributed by atoms with Gasteiger partial charge in [-0.1, -0.05) is 24.3 Å². The summed E-state index contributed by atoms with van der Waals surface area (Å²) in [5.41, 5.74) is 2.40. The first-order chi connectivity index (χ1) is 7.27. The molecule has 0 bridgehead atoms. The van der Waals surface area contributed by atoms with Gasteiger partial charge in [0.25, 0.3) is 0 Å². The summed E-state index contributed by atoms with van der Waals surface area (Å²) in [7, 11) is 0. The SMILES string of the molecule is C[C@@H]1OC[C@H]2Cc3ccccc3C(O)[C@H]21. The third-order valence-electron chi connectivity index (χ3n) is 3.88. The van der Waals surface area contributed by atoms with Crippen LogP contribution in [0.25, 0.3) is 0 Å². The van der Waals surface area contributed by atoms with Gasteiger partial charge in [0.2, 0.25) is 0 Å². The zero-order chi connectivity index (χ0) is 10.4. The first kappa shape index (κ1) is 9.37. The molecule has 1 aliphatic heterocycles. The molecule has 1 aromatic carbocycles. The topological polar surface area (TPSA) is 29.5 Å². The monoisotopic (exact) mass is 204 g/mol. The van der Waals surface area contributed by atoms with E-state index in [-0.39, 0.29) is 12.2 Å². The van der Waals surface area contributed by atoms with E-state index in [1.165, 1.54) is 5.56 Å². The molecule has 0 spiro atoms. The van der Waals surface area contributed by atoms with Crippen molar-refractivity contribution in [2.45, 2.75) is 25.6 Å². The fraction of sp³-hybridized carbons (Fsp3) is 0.538. The molecule has 15 heavy (non-hydrogen) atoms. The average Bonchev–Trinajstić information content (AvgIpc) is 2.61. The second-order valence-electron chi connectivity index (χ2n) is 4.72. The first-order valence-corrected chi connectivity index (χ1v) is 5.65. The minimum absolute atomic E-state index is 0.193. The molecule has 2 aliphatic rings. The van der Waals surface area contributed by atoms with Crippen LogP contribution < -0.4 is 0 Å². The average molecular weight is 204 g/mol. The predicted molar refractivity (Wildman–Crippen MR) is 57.5 cm³/mol. The Morgan fingerprint density at radius 1 is 1.33 bits per heavy atom. The second-order valence-corrected chi connectivity index (χ2v) is 4.72. The van der Waals surface area contributed by atoms with E-state index in [2.05, 4.69) is 13.0 Å². The summed E-state index contributed by atoms with van der Waals surface area (Å²) >= 11 is 0. The highest BCUT2D eigenvalue weighted by Crippen LogP contribution is 2.44. The van der Waals surface area contributed by atoms with Crippen molar-refractivity contribution in [3.63, 3.8) is 0 Å². The third-order valence-corrected chi connectivity index (χ3v) is 3.88. The lowest BCUT2D eigenvalue weighted by Gasteiger charge is -2.33. The van der Waals surface area contributed by atoms with Crippen LogP contribution in [0.3, 0.4) is 0 Å². The lowest BCUT2D eigenvalue weighted by Crippen LogP contribution is -2.31. The van der Waals surface area contributed by atoms with Crippen molar-refractivity contribution in [1.29, 1.82) is 0 Å². The summed E-state index contributed by atoms with van der Waals surface area (Å²) in [5, 5.41) is 10.3. The molecule has 2 heteroatoms. The number of benzene rings is 1. The fourth-order valence-electron chi connectivity index (χ4n) is 3.09. The summed E-state index contributed by atoms with van der Waals surface area (Å²) in [6, 6.07) is 8.22. The van der Waals surface area contributed by atoms with E-state index >= 15 is 0 Å². The van der Waals surface area contributed by atoms with E-state index in [4.69, 9.17) is 4.74 Å². The molecular weight excluding hydrogens is 188 g/mol. The Hall–Kier alpha value is -0.860. The number of aliphatic hydroxyl groups is 1. The van der Waals surface area contributed by atoms with Gasteiger partial charge in [-0.25, -0.2) is 0 Å². The van der Waals surface area contributed by atoms with Gasteiger partial charge < -0.3 is 9.84 Å². The summed E-state index contributed by atoms with van der Waals surface area (Å²) in [5.74, 6) is 0.796. The smallest absolute Gasteiger partial charge is 0.0849 e. The summed E-state index contributed by atoms with van der Waals surface area (Å²) in [6.45, 7) is 2.87. The minimum atomic E-state index is -0.336. The number of fused-ring (bicyclic) bond motifs is 2. The Kier molecular flexibility index (Phi) is 2.08. The van der Waals surface area contributed by atoms with Crippen molar-refractivity contribution in [2.75, 3.05) is 6.61 Å². The number of hydrogen-bond donors (Lipinski definition) is 1.